The molecule has 104 valence electrons. The molecule has 0 radical (unpaired) electrons. The van der Waals surface area contributed by atoms with Crippen LogP contribution in [-0.4, -0.2) is 16.6 Å². The van der Waals surface area contributed by atoms with E-state index in [9.17, 15) is 4.21 Å². The van der Waals surface area contributed by atoms with Crippen LogP contribution in [0, 0.1) is 0 Å². The summed E-state index contributed by atoms with van der Waals surface area (Å²) in [5, 5.41) is -0.0548. The van der Waals surface area contributed by atoms with Gasteiger partial charge in [0.05, 0.1) is 23.2 Å². The van der Waals surface area contributed by atoms with Crippen LogP contribution in [0.15, 0.2) is 53.4 Å². The third kappa shape index (κ3) is 2.25. The summed E-state index contributed by atoms with van der Waals surface area (Å²) in [5.74, 6) is 0.768. The van der Waals surface area contributed by atoms with Crippen molar-refractivity contribution in [1.82, 2.24) is 0 Å². The van der Waals surface area contributed by atoms with Crippen LogP contribution >= 0.6 is 0 Å². The minimum Gasteiger partial charge on any atom is -0.497 e. The van der Waals surface area contributed by atoms with Crippen molar-refractivity contribution >= 4 is 10.8 Å². The van der Waals surface area contributed by atoms with Crippen LogP contribution in [0.2, 0.25) is 0 Å². The van der Waals surface area contributed by atoms with E-state index in [1.54, 1.807) is 7.11 Å². The Morgan fingerprint density at radius 3 is 2.50 bits per heavy atom. The predicted molar refractivity (Wildman–Crippen MR) is 80.3 cm³/mol. The molecule has 20 heavy (non-hydrogen) atoms. The van der Waals surface area contributed by atoms with Gasteiger partial charge in [-0.1, -0.05) is 24.3 Å². The molecule has 1 aliphatic carbocycles. The first kappa shape index (κ1) is 13.3. The third-order valence-corrected chi connectivity index (χ3v) is 5.55. The van der Waals surface area contributed by atoms with Crippen molar-refractivity contribution in [2.75, 3.05) is 7.11 Å². The maximum absolute atomic E-state index is 12.7. The molecular weight excluding hydrogens is 270 g/mol. The summed E-state index contributed by atoms with van der Waals surface area (Å²) in [4.78, 5) is 0.805. The van der Waals surface area contributed by atoms with Gasteiger partial charge in [-0.2, -0.15) is 0 Å². The molecule has 3 rings (SSSR count). The van der Waals surface area contributed by atoms with E-state index >= 15 is 0 Å². The average molecular weight is 287 g/mol. The van der Waals surface area contributed by atoms with Crippen LogP contribution in [0.5, 0.6) is 5.75 Å². The van der Waals surface area contributed by atoms with Gasteiger partial charge in [0.25, 0.3) is 0 Å². The van der Waals surface area contributed by atoms with Crippen molar-refractivity contribution in [1.29, 1.82) is 0 Å². The highest BCUT2D eigenvalue weighted by atomic mass is 32.2. The fourth-order valence-electron chi connectivity index (χ4n) is 2.68. The van der Waals surface area contributed by atoms with Crippen molar-refractivity contribution in [3.05, 3.63) is 59.7 Å². The molecule has 2 N–H and O–H groups in total. The molecular formula is C16H17NO2S. The number of fused-ring (bicyclic) bond motifs is 1. The Balaban J connectivity index is 1.85. The molecule has 0 heterocycles. The summed E-state index contributed by atoms with van der Waals surface area (Å²) >= 11 is 0. The summed E-state index contributed by atoms with van der Waals surface area (Å²) in [6.07, 6.45) is 0.774. The molecule has 4 heteroatoms. The molecule has 3 atom stereocenters. The quantitative estimate of drug-likeness (QED) is 0.943. The van der Waals surface area contributed by atoms with Crippen LogP contribution in [0.3, 0.4) is 0 Å². The molecule has 0 aromatic heterocycles. The van der Waals surface area contributed by atoms with Crippen LogP contribution in [-0.2, 0) is 17.2 Å². The van der Waals surface area contributed by atoms with Gasteiger partial charge < -0.3 is 10.5 Å². The van der Waals surface area contributed by atoms with E-state index in [-0.39, 0.29) is 11.3 Å². The lowest BCUT2D eigenvalue weighted by Gasteiger charge is -2.16. The standard InChI is InChI=1S/C16H17NO2S/c1-19-12-6-8-13(9-7-12)20(18)15-10-11-4-2-3-5-14(11)16(15)17/h2-9,15-16H,10,17H2,1H3. The Kier molecular flexibility index (Phi) is 3.59. The van der Waals surface area contributed by atoms with Gasteiger partial charge in [0.1, 0.15) is 5.75 Å². The minimum absolute atomic E-state index is 0.0548. The highest BCUT2D eigenvalue weighted by Crippen LogP contribution is 2.34. The van der Waals surface area contributed by atoms with Crippen LogP contribution in [0.25, 0.3) is 0 Å². The van der Waals surface area contributed by atoms with Gasteiger partial charge in [0.15, 0.2) is 0 Å². The summed E-state index contributed by atoms with van der Waals surface area (Å²) < 4.78 is 17.8. The molecule has 0 aliphatic heterocycles. The zero-order chi connectivity index (χ0) is 14.1. The fraction of sp³-hybridized carbons (Fsp3) is 0.250. The number of nitrogens with two attached hydrogens (primary N) is 1. The lowest BCUT2D eigenvalue weighted by molar-refractivity contribution is 0.414. The van der Waals surface area contributed by atoms with E-state index in [1.807, 2.05) is 42.5 Å². The molecule has 2 aromatic carbocycles. The largest absolute Gasteiger partial charge is 0.497 e. The molecule has 0 fully saturated rings. The van der Waals surface area contributed by atoms with Gasteiger partial charge in [-0.3, -0.25) is 4.21 Å². The summed E-state index contributed by atoms with van der Waals surface area (Å²) in [5.41, 5.74) is 8.61. The Morgan fingerprint density at radius 1 is 1.15 bits per heavy atom. The highest BCUT2D eigenvalue weighted by Gasteiger charge is 2.34. The van der Waals surface area contributed by atoms with Gasteiger partial charge >= 0.3 is 0 Å². The van der Waals surface area contributed by atoms with E-state index in [0.717, 1.165) is 22.6 Å². The van der Waals surface area contributed by atoms with Crippen molar-refractivity contribution in [3.8, 4) is 5.75 Å². The van der Waals surface area contributed by atoms with Crippen molar-refractivity contribution in [2.45, 2.75) is 22.6 Å². The Morgan fingerprint density at radius 2 is 1.85 bits per heavy atom. The molecule has 2 aromatic rings. The highest BCUT2D eigenvalue weighted by molar-refractivity contribution is 7.85. The smallest absolute Gasteiger partial charge is 0.118 e. The minimum atomic E-state index is -1.11. The number of rotatable bonds is 3. The molecule has 0 amide bonds. The first-order valence-electron chi connectivity index (χ1n) is 6.58. The Bertz CT molecular complexity index is 639. The molecule has 1 aliphatic rings. The van der Waals surface area contributed by atoms with Gasteiger partial charge in [0.2, 0.25) is 0 Å². The van der Waals surface area contributed by atoms with E-state index in [1.165, 1.54) is 5.56 Å². The molecule has 3 nitrogen and oxygen atoms in total. The zero-order valence-corrected chi connectivity index (χ0v) is 12.1. The van der Waals surface area contributed by atoms with Gasteiger partial charge in [-0.25, -0.2) is 0 Å². The topological polar surface area (TPSA) is 52.3 Å². The molecule has 0 saturated carbocycles. The van der Waals surface area contributed by atoms with E-state index < -0.39 is 10.8 Å². The second-order valence-corrected chi connectivity index (χ2v) is 6.61. The van der Waals surface area contributed by atoms with Gasteiger partial charge in [-0.05, 0) is 41.8 Å². The van der Waals surface area contributed by atoms with E-state index in [0.29, 0.717) is 0 Å². The zero-order valence-electron chi connectivity index (χ0n) is 11.3. The number of methoxy groups -OCH3 is 1. The van der Waals surface area contributed by atoms with Crippen LogP contribution in [0.4, 0.5) is 0 Å². The number of hydrogen-bond donors (Lipinski definition) is 1. The van der Waals surface area contributed by atoms with Gasteiger partial charge in [0, 0.05) is 10.9 Å². The maximum atomic E-state index is 12.7. The van der Waals surface area contributed by atoms with Crippen LogP contribution in [0.1, 0.15) is 17.2 Å². The first-order chi connectivity index (χ1) is 9.70. The fourth-order valence-corrected chi connectivity index (χ4v) is 4.18. The maximum Gasteiger partial charge on any atom is 0.118 e. The molecule has 0 saturated heterocycles. The van der Waals surface area contributed by atoms with E-state index in [4.69, 9.17) is 10.5 Å². The Labute approximate surface area is 121 Å². The number of ether oxygens (including phenoxy) is 1. The summed E-state index contributed by atoms with van der Waals surface area (Å²) in [6, 6.07) is 15.3. The number of benzene rings is 2. The normalized spacial score (nSPS) is 22.3. The third-order valence-electron chi connectivity index (χ3n) is 3.80. The summed E-state index contributed by atoms with van der Waals surface area (Å²) in [6.45, 7) is 0. The first-order valence-corrected chi connectivity index (χ1v) is 7.80. The van der Waals surface area contributed by atoms with Gasteiger partial charge in [-0.15, -0.1) is 0 Å². The molecule has 0 bridgehead atoms. The lowest BCUT2D eigenvalue weighted by Crippen LogP contribution is -2.26. The monoisotopic (exact) mass is 287 g/mol. The summed E-state index contributed by atoms with van der Waals surface area (Å²) in [7, 11) is 0.515. The van der Waals surface area contributed by atoms with Crippen molar-refractivity contribution < 1.29 is 8.95 Å². The molecule has 0 spiro atoms. The van der Waals surface area contributed by atoms with Crippen molar-refractivity contribution in [2.24, 2.45) is 5.73 Å². The van der Waals surface area contributed by atoms with Crippen LogP contribution < -0.4 is 10.5 Å². The Hall–Kier alpha value is -1.65. The molecule has 3 unspecified atom stereocenters. The van der Waals surface area contributed by atoms with E-state index in [2.05, 4.69) is 6.07 Å². The van der Waals surface area contributed by atoms with Crippen molar-refractivity contribution in [3.63, 3.8) is 0 Å². The predicted octanol–water partition coefficient (Wildman–Crippen LogP) is 2.43. The lowest BCUT2D eigenvalue weighted by atomic mass is 10.1. The average Bonchev–Trinajstić information content (AvgIpc) is 2.84. The number of hydrogen-bond acceptors (Lipinski definition) is 3. The second kappa shape index (κ2) is 5.38. The second-order valence-electron chi connectivity index (χ2n) is 4.94. The SMILES string of the molecule is COc1ccc(S(=O)C2Cc3ccccc3C2N)cc1.